The van der Waals surface area contributed by atoms with Crippen molar-refractivity contribution in [2.24, 2.45) is 5.41 Å². The molecule has 156 valence electrons. The van der Waals surface area contributed by atoms with E-state index >= 15 is 0 Å². The van der Waals surface area contributed by atoms with Gasteiger partial charge in [0.15, 0.2) is 11.5 Å². The quantitative estimate of drug-likeness (QED) is 0.739. The van der Waals surface area contributed by atoms with Crippen LogP contribution >= 0.6 is 0 Å². The van der Waals surface area contributed by atoms with Crippen LogP contribution in [0.2, 0.25) is 0 Å². The smallest absolute Gasteiger partial charge is 0.226 e. The standard InChI is InChI=1S/C22H34N2O4/c1-4-22(5-2,6-3)21(25)23-14-18-16-26-10-9-24(18)15-17-7-8-19-20(13-17)28-12-11-27-19/h7-8,13,18H,4-6,9-12,14-16H2,1-3H3,(H,23,25)/t18-/m0/s1. The third kappa shape index (κ3) is 4.61. The summed E-state index contributed by atoms with van der Waals surface area (Å²) in [5.74, 6) is 1.81. The summed E-state index contributed by atoms with van der Waals surface area (Å²) >= 11 is 0. The monoisotopic (exact) mass is 390 g/mol. The van der Waals surface area contributed by atoms with Crippen LogP contribution in [-0.4, -0.2) is 56.4 Å². The van der Waals surface area contributed by atoms with E-state index in [9.17, 15) is 4.79 Å². The van der Waals surface area contributed by atoms with Gasteiger partial charge in [-0.15, -0.1) is 0 Å². The van der Waals surface area contributed by atoms with Crippen LogP contribution in [0.3, 0.4) is 0 Å². The predicted octanol–water partition coefficient (Wildman–Crippen LogP) is 2.99. The Bertz CT molecular complexity index is 652. The van der Waals surface area contributed by atoms with Gasteiger partial charge >= 0.3 is 0 Å². The van der Waals surface area contributed by atoms with Gasteiger partial charge in [-0.3, -0.25) is 9.69 Å². The van der Waals surface area contributed by atoms with Crippen LogP contribution in [0, 0.1) is 5.41 Å². The first-order valence-electron chi connectivity index (χ1n) is 10.6. The fourth-order valence-electron chi connectivity index (χ4n) is 4.14. The molecule has 2 heterocycles. The lowest BCUT2D eigenvalue weighted by Crippen LogP contribution is -2.52. The van der Waals surface area contributed by atoms with Crippen molar-refractivity contribution < 1.29 is 19.0 Å². The predicted molar refractivity (Wildman–Crippen MR) is 109 cm³/mol. The van der Waals surface area contributed by atoms with E-state index in [0.29, 0.717) is 26.4 Å². The normalized spacial score (nSPS) is 20.0. The summed E-state index contributed by atoms with van der Waals surface area (Å²) in [4.78, 5) is 15.2. The molecule has 1 aromatic rings. The Labute approximate surface area is 168 Å². The molecule has 0 aliphatic carbocycles. The van der Waals surface area contributed by atoms with Crippen molar-refractivity contribution in [1.29, 1.82) is 0 Å². The molecule has 1 fully saturated rings. The highest BCUT2D eigenvalue weighted by Gasteiger charge is 2.33. The van der Waals surface area contributed by atoms with E-state index in [4.69, 9.17) is 14.2 Å². The molecule has 6 heteroatoms. The zero-order chi connectivity index (χ0) is 20.0. The number of rotatable bonds is 8. The van der Waals surface area contributed by atoms with E-state index in [1.807, 2.05) is 6.07 Å². The van der Waals surface area contributed by atoms with Gasteiger partial charge in [-0.1, -0.05) is 26.8 Å². The topological polar surface area (TPSA) is 60.0 Å². The third-order valence-corrected chi connectivity index (χ3v) is 6.35. The van der Waals surface area contributed by atoms with Crippen LogP contribution < -0.4 is 14.8 Å². The minimum Gasteiger partial charge on any atom is -0.486 e. The highest BCUT2D eigenvalue weighted by molar-refractivity contribution is 5.82. The summed E-state index contributed by atoms with van der Waals surface area (Å²) in [5, 5.41) is 3.21. The van der Waals surface area contributed by atoms with Crippen molar-refractivity contribution in [1.82, 2.24) is 10.2 Å². The van der Waals surface area contributed by atoms with E-state index in [2.05, 4.69) is 43.1 Å². The number of fused-ring (bicyclic) bond motifs is 1. The van der Waals surface area contributed by atoms with Crippen molar-refractivity contribution in [3.8, 4) is 11.5 Å². The van der Waals surface area contributed by atoms with Crippen molar-refractivity contribution >= 4 is 5.91 Å². The van der Waals surface area contributed by atoms with E-state index in [0.717, 1.165) is 50.5 Å². The number of hydrogen-bond donors (Lipinski definition) is 1. The van der Waals surface area contributed by atoms with Crippen molar-refractivity contribution in [2.75, 3.05) is 39.5 Å². The highest BCUT2D eigenvalue weighted by atomic mass is 16.6. The summed E-state index contributed by atoms with van der Waals surface area (Å²) in [6.07, 6.45) is 2.61. The van der Waals surface area contributed by atoms with Gasteiger partial charge < -0.3 is 19.5 Å². The lowest BCUT2D eigenvalue weighted by Gasteiger charge is -2.37. The van der Waals surface area contributed by atoms with Crippen LogP contribution in [0.25, 0.3) is 0 Å². The number of amides is 1. The van der Waals surface area contributed by atoms with Crippen LogP contribution in [-0.2, 0) is 16.1 Å². The summed E-state index contributed by atoms with van der Waals surface area (Å²) in [7, 11) is 0. The Kier molecular flexibility index (Phi) is 7.18. The molecule has 6 nitrogen and oxygen atoms in total. The van der Waals surface area contributed by atoms with Crippen molar-refractivity contribution in [3.05, 3.63) is 23.8 Å². The maximum absolute atomic E-state index is 12.8. The number of carbonyl (C=O) groups is 1. The summed E-state index contributed by atoms with van der Waals surface area (Å²) in [5.41, 5.74) is 0.934. The number of ether oxygens (including phenoxy) is 3. The number of carbonyl (C=O) groups excluding carboxylic acids is 1. The van der Waals surface area contributed by atoms with Gasteiger partial charge in [-0.25, -0.2) is 0 Å². The Morgan fingerprint density at radius 3 is 2.54 bits per heavy atom. The van der Waals surface area contributed by atoms with E-state index in [1.54, 1.807) is 0 Å². The van der Waals surface area contributed by atoms with Gasteiger partial charge in [-0.05, 0) is 37.0 Å². The molecule has 0 spiro atoms. The molecule has 1 saturated heterocycles. The Hall–Kier alpha value is -1.79. The first-order valence-corrected chi connectivity index (χ1v) is 10.6. The molecular weight excluding hydrogens is 356 g/mol. The maximum Gasteiger partial charge on any atom is 0.226 e. The van der Waals surface area contributed by atoms with Gasteiger partial charge in [0.1, 0.15) is 13.2 Å². The number of nitrogens with zero attached hydrogens (tertiary/aromatic N) is 1. The van der Waals surface area contributed by atoms with Gasteiger partial charge in [0.25, 0.3) is 0 Å². The van der Waals surface area contributed by atoms with E-state index < -0.39 is 0 Å². The summed E-state index contributed by atoms with van der Waals surface area (Å²) < 4.78 is 17.0. The molecule has 0 aromatic heterocycles. The highest BCUT2D eigenvalue weighted by Crippen LogP contribution is 2.32. The second-order valence-electron chi connectivity index (χ2n) is 7.73. The van der Waals surface area contributed by atoms with Crippen LogP contribution in [0.1, 0.15) is 45.6 Å². The molecule has 1 amide bonds. The molecule has 3 rings (SSSR count). The second-order valence-corrected chi connectivity index (χ2v) is 7.73. The molecule has 28 heavy (non-hydrogen) atoms. The molecule has 1 atom stereocenters. The molecule has 1 aromatic carbocycles. The Balaban J connectivity index is 1.62. The first kappa shape index (κ1) is 20.9. The van der Waals surface area contributed by atoms with Gasteiger partial charge in [-0.2, -0.15) is 0 Å². The van der Waals surface area contributed by atoms with Crippen molar-refractivity contribution in [3.63, 3.8) is 0 Å². The number of nitrogens with one attached hydrogen (secondary N) is 1. The average Bonchev–Trinajstić information content (AvgIpc) is 2.74. The largest absolute Gasteiger partial charge is 0.486 e. The van der Waals surface area contributed by atoms with Gasteiger partial charge in [0.05, 0.1) is 19.3 Å². The second kappa shape index (κ2) is 9.61. The number of morpholine rings is 1. The molecule has 2 aliphatic heterocycles. The fourth-order valence-corrected chi connectivity index (χ4v) is 4.14. The molecule has 0 bridgehead atoms. The van der Waals surface area contributed by atoms with E-state index in [1.165, 1.54) is 5.56 Å². The van der Waals surface area contributed by atoms with Crippen molar-refractivity contribution in [2.45, 2.75) is 52.6 Å². The van der Waals surface area contributed by atoms with Gasteiger partial charge in [0.2, 0.25) is 5.91 Å². The van der Waals surface area contributed by atoms with Gasteiger partial charge in [0, 0.05) is 25.0 Å². The molecule has 1 N–H and O–H groups in total. The minimum absolute atomic E-state index is 0.171. The molecule has 0 radical (unpaired) electrons. The lowest BCUT2D eigenvalue weighted by molar-refractivity contribution is -0.132. The SMILES string of the molecule is CCC(CC)(CC)C(=O)NC[C@H]1COCCN1Cc1ccc2c(c1)OCCO2. The zero-order valence-electron chi connectivity index (χ0n) is 17.5. The first-order chi connectivity index (χ1) is 13.6. The number of benzene rings is 1. The van der Waals surface area contributed by atoms with Crippen LogP contribution in [0.5, 0.6) is 11.5 Å². The Morgan fingerprint density at radius 2 is 1.82 bits per heavy atom. The van der Waals surface area contributed by atoms with E-state index in [-0.39, 0.29) is 17.4 Å². The summed E-state index contributed by atoms with van der Waals surface area (Å²) in [6, 6.07) is 6.32. The molecule has 0 saturated carbocycles. The number of hydrogen-bond acceptors (Lipinski definition) is 5. The van der Waals surface area contributed by atoms with Crippen LogP contribution in [0.15, 0.2) is 18.2 Å². The summed E-state index contributed by atoms with van der Waals surface area (Å²) in [6.45, 7) is 11.1. The third-order valence-electron chi connectivity index (χ3n) is 6.35. The van der Waals surface area contributed by atoms with Crippen LogP contribution in [0.4, 0.5) is 0 Å². The zero-order valence-corrected chi connectivity index (χ0v) is 17.5. The molecular formula is C22H34N2O4. The minimum atomic E-state index is -0.254. The maximum atomic E-state index is 12.8. The Morgan fingerprint density at radius 1 is 1.11 bits per heavy atom. The molecule has 0 unspecified atom stereocenters. The average molecular weight is 391 g/mol. The molecule has 2 aliphatic rings. The lowest BCUT2D eigenvalue weighted by atomic mass is 9.79. The fraction of sp³-hybridized carbons (Fsp3) is 0.682.